The molecule has 0 N–H and O–H groups in total. The molecule has 0 bridgehead atoms. The zero-order valence-corrected chi connectivity index (χ0v) is 12.5. The van der Waals surface area contributed by atoms with Gasteiger partial charge in [-0.2, -0.15) is 3.22 Å². The molecule has 6 heteroatoms. The molecule has 1 fully saturated rings. The zero-order chi connectivity index (χ0) is 10.7. The smallest absolute Gasteiger partial charge is 0.163 e. The van der Waals surface area contributed by atoms with E-state index in [1.54, 1.807) is 12.4 Å². The van der Waals surface area contributed by atoms with Crippen molar-refractivity contribution in [1.29, 1.82) is 0 Å². The van der Waals surface area contributed by atoms with Crippen molar-refractivity contribution in [1.82, 2.24) is 13.2 Å². The van der Waals surface area contributed by atoms with Crippen LogP contribution in [0.2, 0.25) is 0 Å². The first kappa shape index (κ1) is 11.8. The van der Waals surface area contributed by atoms with Gasteiger partial charge in [0.15, 0.2) is 5.82 Å². The van der Waals surface area contributed by atoms with Gasteiger partial charge in [0.25, 0.3) is 0 Å². The van der Waals surface area contributed by atoms with Crippen molar-refractivity contribution in [3.05, 3.63) is 18.6 Å². The SMILES string of the molecule is IC1CCCCN(I)N1c1cnccn1. The van der Waals surface area contributed by atoms with Gasteiger partial charge in [-0.1, -0.05) is 22.6 Å². The Balaban J connectivity index is 2.23. The molecule has 1 aliphatic rings. The minimum Gasteiger partial charge on any atom is -0.266 e. The van der Waals surface area contributed by atoms with Gasteiger partial charge in [0.05, 0.1) is 10.2 Å². The number of hydrogen-bond donors (Lipinski definition) is 0. The maximum atomic E-state index is 4.36. The molecule has 0 aliphatic carbocycles. The van der Waals surface area contributed by atoms with Crippen LogP contribution in [-0.2, 0) is 0 Å². The fraction of sp³-hybridized carbons (Fsp3) is 0.556. The largest absolute Gasteiger partial charge is 0.266 e. The predicted octanol–water partition coefficient (Wildman–Crippen LogP) is 2.80. The van der Waals surface area contributed by atoms with Gasteiger partial charge >= 0.3 is 0 Å². The summed E-state index contributed by atoms with van der Waals surface area (Å²) in [5.41, 5.74) is 0. The fourth-order valence-electron chi connectivity index (χ4n) is 1.59. The number of alkyl halides is 1. The minimum absolute atomic E-state index is 0.471. The number of rotatable bonds is 1. The monoisotopic (exact) mass is 430 g/mol. The molecule has 0 amide bonds. The summed E-state index contributed by atoms with van der Waals surface area (Å²) in [4.78, 5) is 8.48. The summed E-state index contributed by atoms with van der Waals surface area (Å²) < 4.78 is 2.69. The van der Waals surface area contributed by atoms with E-state index in [1.807, 2.05) is 6.20 Å². The lowest BCUT2D eigenvalue weighted by Gasteiger charge is -2.32. The van der Waals surface area contributed by atoms with Crippen molar-refractivity contribution < 1.29 is 0 Å². The molecule has 1 aromatic rings. The van der Waals surface area contributed by atoms with E-state index in [1.165, 1.54) is 19.3 Å². The molecule has 1 atom stereocenters. The van der Waals surface area contributed by atoms with Crippen molar-refractivity contribution in [3.8, 4) is 0 Å². The molecule has 1 unspecified atom stereocenters. The molecule has 0 spiro atoms. The molecule has 0 aromatic carbocycles. The second-order valence-corrected chi connectivity index (χ2v) is 5.95. The second kappa shape index (κ2) is 5.58. The van der Waals surface area contributed by atoms with Crippen LogP contribution in [0.4, 0.5) is 5.82 Å². The Bertz CT molecular complexity index is 296. The Morgan fingerprint density at radius 3 is 2.93 bits per heavy atom. The van der Waals surface area contributed by atoms with E-state index in [9.17, 15) is 0 Å². The van der Waals surface area contributed by atoms with Crippen LogP contribution in [0.25, 0.3) is 0 Å². The highest BCUT2D eigenvalue weighted by Gasteiger charge is 2.25. The number of aromatic nitrogens is 2. The Kier molecular flexibility index (Phi) is 4.38. The van der Waals surface area contributed by atoms with Crippen molar-refractivity contribution in [2.45, 2.75) is 23.3 Å². The summed E-state index contributed by atoms with van der Waals surface area (Å²) in [5.74, 6) is 0.938. The highest BCUT2D eigenvalue weighted by atomic mass is 127. The predicted molar refractivity (Wildman–Crippen MR) is 76.9 cm³/mol. The van der Waals surface area contributed by atoms with Crippen molar-refractivity contribution in [2.24, 2.45) is 0 Å². The first-order valence-electron chi connectivity index (χ1n) is 4.91. The number of halogens is 2. The fourth-order valence-corrected chi connectivity index (χ4v) is 3.95. The molecule has 1 saturated heterocycles. The van der Waals surface area contributed by atoms with Crippen LogP contribution in [0.15, 0.2) is 18.6 Å². The molecule has 1 aliphatic heterocycles. The summed E-state index contributed by atoms with van der Waals surface area (Å²) in [6.45, 7) is 1.08. The minimum atomic E-state index is 0.471. The van der Waals surface area contributed by atoms with E-state index < -0.39 is 0 Å². The van der Waals surface area contributed by atoms with E-state index in [-0.39, 0.29) is 0 Å². The molecule has 4 nitrogen and oxygen atoms in total. The Hall–Kier alpha value is 0.300. The van der Waals surface area contributed by atoms with Gasteiger partial charge in [0.2, 0.25) is 0 Å². The Morgan fingerprint density at radius 1 is 1.33 bits per heavy atom. The van der Waals surface area contributed by atoms with Gasteiger partial charge in [-0.05, 0) is 19.3 Å². The highest BCUT2D eigenvalue weighted by molar-refractivity contribution is 14.1. The number of anilines is 1. The zero-order valence-electron chi connectivity index (χ0n) is 8.18. The normalized spacial score (nSPS) is 23.9. The van der Waals surface area contributed by atoms with Crippen LogP contribution in [0, 0.1) is 0 Å². The van der Waals surface area contributed by atoms with Crippen LogP contribution in [0.5, 0.6) is 0 Å². The van der Waals surface area contributed by atoms with E-state index in [0.29, 0.717) is 4.05 Å². The highest BCUT2D eigenvalue weighted by Crippen LogP contribution is 2.28. The van der Waals surface area contributed by atoms with Crippen molar-refractivity contribution >= 4 is 51.3 Å². The quantitative estimate of drug-likeness (QED) is 0.297. The van der Waals surface area contributed by atoms with Crippen LogP contribution in [-0.4, -0.2) is 23.8 Å². The summed E-state index contributed by atoms with van der Waals surface area (Å²) in [6.07, 6.45) is 9.01. The lowest BCUT2D eigenvalue weighted by atomic mass is 10.2. The lowest BCUT2D eigenvalue weighted by Crippen LogP contribution is -2.40. The molecular weight excluding hydrogens is 418 g/mol. The van der Waals surface area contributed by atoms with Crippen LogP contribution in [0.1, 0.15) is 19.3 Å². The van der Waals surface area contributed by atoms with Gasteiger partial charge < -0.3 is 0 Å². The third-order valence-corrected chi connectivity index (χ3v) is 4.42. The Morgan fingerprint density at radius 2 is 2.20 bits per heavy atom. The van der Waals surface area contributed by atoms with E-state index in [4.69, 9.17) is 0 Å². The standard InChI is InChI=1S/C9H12I2N4/c10-8-3-1-2-6-14(11)15(8)9-7-12-4-5-13-9/h4-5,7-8H,1-3,6H2. The molecular formula is C9H12I2N4. The molecule has 82 valence electrons. The van der Waals surface area contributed by atoms with E-state index in [2.05, 4.69) is 63.7 Å². The average Bonchev–Trinajstić information content (AvgIpc) is 2.41. The number of hydrogen-bond acceptors (Lipinski definition) is 4. The number of hydrazine groups is 1. The Labute approximate surface area is 117 Å². The van der Waals surface area contributed by atoms with Gasteiger partial charge in [-0.15, -0.1) is 0 Å². The molecule has 0 saturated carbocycles. The average molecular weight is 430 g/mol. The third-order valence-electron chi connectivity index (χ3n) is 2.32. The second-order valence-electron chi connectivity index (χ2n) is 3.40. The molecule has 15 heavy (non-hydrogen) atoms. The maximum absolute atomic E-state index is 4.36. The molecule has 2 heterocycles. The van der Waals surface area contributed by atoms with Crippen LogP contribution in [0.3, 0.4) is 0 Å². The summed E-state index contributed by atoms with van der Waals surface area (Å²) in [6, 6.07) is 0. The summed E-state index contributed by atoms with van der Waals surface area (Å²) >= 11 is 4.82. The van der Waals surface area contributed by atoms with Crippen molar-refractivity contribution in [3.63, 3.8) is 0 Å². The maximum Gasteiger partial charge on any atom is 0.163 e. The first-order valence-corrected chi connectivity index (χ1v) is 7.12. The van der Waals surface area contributed by atoms with E-state index in [0.717, 1.165) is 12.4 Å². The first-order chi connectivity index (χ1) is 7.29. The van der Waals surface area contributed by atoms with Crippen LogP contribution < -0.4 is 5.01 Å². The van der Waals surface area contributed by atoms with Crippen molar-refractivity contribution in [2.75, 3.05) is 11.6 Å². The summed E-state index contributed by atoms with van der Waals surface area (Å²) in [5, 5.41) is 2.22. The van der Waals surface area contributed by atoms with Gasteiger partial charge in [-0.3, -0.25) is 9.99 Å². The molecule has 2 rings (SSSR count). The topological polar surface area (TPSA) is 32.3 Å². The lowest BCUT2D eigenvalue weighted by molar-refractivity contribution is 0.480. The van der Waals surface area contributed by atoms with E-state index >= 15 is 0 Å². The van der Waals surface area contributed by atoms with Gasteiger partial charge in [0, 0.05) is 41.8 Å². The van der Waals surface area contributed by atoms with Crippen LogP contribution >= 0.6 is 45.5 Å². The number of nitrogens with zero attached hydrogens (tertiary/aromatic N) is 4. The summed E-state index contributed by atoms with van der Waals surface area (Å²) in [7, 11) is 0. The molecule has 1 aromatic heterocycles. The van der Waals surface area contributed by atoms with Gasteiger partial charge in [-0.25, -0.2) is 4.98 Å². The van der Waals surface area contributed by atoms with Gasteiger partial charge in [0.1, 0.15) is 0 Å². The third kappa shape index (κ3) is 2.90. The molecule has 0 radical (unpaired) electrons.